The van der Waals surface area contributed by atoms with Crippen molar-refractivity contribution >= 4 is 185 Å². The zero-order chi connectivity index (χ0) is 78.9. The number of nitro groups is 2. The van der Waals surface area contributed by atoms with E-state index in [0.717, 1.165) is 78.5 Å². The molecule has 3 aliphatic heterocycles. The van der Waals surface area contributed by atoms with Crippen LogP contribution < -0.4 is 42.5 Å². The molecule has 3 heterocycles. The number of fused-ring (bicyclic) bond motifs is 3. The minimum atomic E-state index is -4.67. The monoisotopic (exact) mass is 1980 g/mol. The van der Waals surface area contributed by atoms with Gasteiger partial charge in [-0.05, 0) is 231 Å². The lowest BCUT2D eigenvalue weighted by atomic mass is 9.97. The third-order valence-electron chi connectivity index (χ3n) is 14.9. The van der Waals surface area contributed by atoms with Crippen molar-refractivity contribution in [3.63, 3.8) is 0 Å². The van der Waals surface area contributed by atoms with Crippen LogP contribution in [0.4, 0.5) is 55.6 Å². The van der Waals surface area contributed by atoms with Crippen molar-refractivity contribution in [2.45, 2.75) is 180 Å². The van der Waals surface area contributed by atoms with E-state index < -0.39 is 31.8 Å². The lowest BCUT2D eigenvalue weighted by Crippen LogP contribution is -2.40. The Morgan fingerprint density at radius 3 is 1.24 bits per heavy atom. The van der Waals surface area contributed by atoms with E-state index in [0.29, 0.717) is 38.4 Å². The van der Waals surface area contributed by atoms with Gasteiger partial charge < -0.3 is 63.0 Å². The molecule has 7 atom stereocenters. The first-order valence-corrected chi connectivity index (χ1v) is 39.3. The number of nitro benzene ring substituents is 2. The number of nitrogen functional groups attached to an aromatic ring is 1. The summed E-state index contributed by atoms with van der Waals surface area (Å²) in [5, 5.41) is 68.0. The second-order valence-corrected chi connectivity index (χ2v) is 31.5. The summed E-state index contributed by atoms with van der Waals surface area (Å²) in [7, 11) is -4.67. The van der Waals surface area contributed by atoms with E-state index in [1.54, 1.807) is 39.8 Å². The van der Waals surface area contributed by atoms with E-state index >= 15 is 0 Å². The van der Waals surface area contributed by atoms with Crippen LogP contribution in [0.25, 0.3) is 0 Å². The summed E-state index contributed by atoms with van der Waals surface area (Å²) in [6.45, 7) is 19.3. The number of nitrogens with zero attached hydrogens (tertiary/aromatic N) is 4. The molecule has 604 valence electrons. The molecule has 0 fully saturated rings. The molecule has 14 N–H and O–H groups in total. The van der Waals surface area contributed by atoms with Gasteiger partial charge in [0, 0.05) is 122 Å². The molecule has 7 aromatic carbocycles. The molecule has 0 saturated carbocycles. The van der Waals surface area contributed by atoms with E-state index in [9.17, 15) is 34.2 Å². The molecule has 0 saturated heterocycles. The highest BCUT2D eigenvalue weighted by Crippen LogP contribution is 2.35. The molecule has 0 aliphatic carbocycles. The third-order valence-corrected chi connectivity index (χ3v) is 18.4. The average Bonchev–Trinajstić information content (AvgIpc) is 0.801. The average molecular weight is 1980 g/mol. The molecule has 2 amide bonds. The number of rotatable bonds is 12. The van der Waals surface area contributed by atoms with Gasteiger partial charge >= 0.3 is 16.1 Å². The van der Waals surface area contributed by atoms with Crippen LogP contribution in [-0.4, -0.2) is 128 Å². The van der Waals surface area contributed by atoms with Crippen molar-refractivity contribution in [2.24, 2.45) is 5.73 Å². The summed E-state index contributed by atoms with van der Waals surface area (Å²) in [6, 6.07) is 39.7. The number of nitrogens with two attached hydrogens (primary N) is 2. The zero-order valence-corrected chi connectivity index (χ0v) is 71.0. The predicted molar refractivity (Wildman–Crippen MR) is 467 cm³/mol. The SMILES string of the molecule is C.C.C.C.CC(=O)N1c2ccc(Br)cc2CC[C@@H]1C.CC(=O)N1c2ccc(Br)cc2CC[C@@H]1C.CC(N)CO.C[C@@H](CO)Nc1ccc(Br)cc1N.C[C@@H](CO)Nc1ccc(Br)cc1[N+](=O)[O-].C[C@H]1CCc2cc(Br)ccc2N1.Cc1cc(Br)ccc1N[C@@H](C)CO.O=S(=O)(O)O.O=[N+]([O-])c1cc(Br)ccc1F. The van der Waals surface area contributed by atoms with Crippen LogP contribution in [0.1, 0.15) is 134 Å². The number of anilines is 7. The van der Waals surface area contributed by atoms with Crippen LogP contribution in [0.3, 0.4) is 0 Å². The fourth-order valence-electron chi connectivity index (χ4n) is 9.81. The van der Waals surface area contributed by atoms with Crippen LogP contribution in [0.15, 0.2) is 159 Å². The van der Waals surface area contributed by atoms with Crippen LogP contribution in [-0.2, 0) is 39.3 Å². The largest absolute Gasteiger partial charge is 0.397 e. The van der Waals surface area contributed by atoms with Gasteiger partial charge in [0.05, 0.1) is 47.6 Å². The molecule has 108 heavy (non-hydrogen) atoms. The lowest BCUT2D eigenvalue weighted by Gasteiger charge is -2.34. The summed E-state index contributed by atoms with van der Waals surface area (Å²) in [5.74, 6) is -0.560. The summed E-state index contributed by atoms with van der Waals surface area (Å²) in [5.41, 5.74) is 21.9. The van der Waals surface area contributed by atoms with Crippen molar-refractivity contribution in [1.29, 1.82) is 0 Å². The molecule has 0 bridgehead atoms. The minimum absolute atomic E-state index is 0. The number of hydrogen-bond donors (Lipinski definition) is 12. The lowest BCUT2D eigenvalue weighted by molar-refractivity contribution is -0.387. The number of carbonyl (C=O) groups excluding carboxylic acids is 2. The molecular formula is C75H108Br7FN10O14S. The van der Waals surface area contributed by atoms with E-state index in [1.165, 1.54) is 57.4 Å². The Morgan fingerprint density at radius 1 is 0.537 bits per heavy atom. The maximum atomic E-state index is 12.6. The van der Waals surface area contributed by atoms with E-state index in [4.69, 9.17) is 49.4 Å². The topological polar surface area (TPSA) is 383 Å². The molecule has 24 nitrogen and oxygen atoms in total. The molecule has 3 aliphatic rings. The number of carbonyl (C=O) groups is 2. The van der Waals surface area contributed by atoms with Crippen molar-refractivity contribution in [2.75, 3.05) is 63.2 Å². The number of halogens is 8. The molecule has 0 aromatic heterocycles. The summed E-state index contributed by atoms with van der Waals surface area (Å²) < 4.78 is 50.7. The number of aryl methyl sites for hydroxylation is 4. The van der Waals surface area contributed by atoms with Gasteiger partial charge in [-0.3, -0.25) is 38.9 Å². The highest BCUT2D eigenvalue weighted by atomic mass is 79.9. The van der Waals surface area contributed by atoms with Gasteiger partial charge in [-0.1, -0.05) is 141 Å². The Balaban J connectivity index is -0.00000116. The van der Waals surface area contributed by atoms with Gasteiger partial charge in [0.15, 0.2) is 0 Å². The van der Waals surface area contributed by atoms with Crippen molar-refractivity contribution < 1.29 is 61.8 Å². The molecule has 33 heteroatoms. The number of aliphatic hydroxyl groups is 4. The number of hydrogen-bond acceptors (Lipinski definition) is 18. The van der Waals surface area contributed by atoms with Crippen molar-refractivity contribution in [3.8, 4) is 0 Å². The maximum absolute atomic E-state index is 12.6. The molecule has 10 rings (SSSR count). The predicted octanol–water partition coefficient (Wildman–Crippen LogP) is 19.7. The van der Waals surface area contributed by atoms with Crippen LogP contribution in [0.5, 0.6) is 0 Å². The normalized spacial score (nSPS) is 14.8. The smallest absolute Gasteiger partial charge is 0.394 e. The second-order valence-electron chi connectivity index (χ2n) is 24.2. The molecule has 0 radical (unpaired) electrons. The standard InChI is InChI=1S/2C12H14BrNO.C10H14BrNO.C10H12BrN.C9H11BrN2O3.C9H13BrN2O.C6H3BrFNO2.C3H9NO.4CH4.H2O4S/c2*1-8-3-4-10-7-11(13)5-6-12(10)14(8)9(2)15;1-7-5-9(11)3-4-10(7)12-8(2)6-13;1-7-2-3-8-6-9(11)4-5-10(8)12-7;1-6(5-13)11-8-3-2-7(10)4-9(8)12(14)15;1-6(5-13)12-9-3-2-7(10)4-8(9)11;7-4-1-2-5(8)6(3-4)9(10)11;1-3(4)2-5;;;;;1-5(2,3)4/h2*5-8H,3-4H2,1-2H3;3-5,8,12-13H,6H2,1-2H3;4-7,12H,2-3H2,1H3;2-4,6,11,13H,5H2,1H3;2-4,6,12-13H,5,11H2,1H3;1-3H;3,5H,2,4H2,1H3;4*1H4;(H2,1,2,3,4)/t3*8-;7-;2*6-;;;;;;;/m000000......./s1. The Morgan fingerprint density at radius 2 is 0.861 bits per heavy atom. The van der Waals surface area contributed by atoms with Gasteiger partial charge in [0.25, 0.3) is 5.69 Å². The van der Waals surface area contributed by atoms with Gasteiger partial charge in [-0.15, -0.1) is 0 Å². The number of nitrogens with one attached hydrogen (secondary N) is 4. The maximum Gasteiger partial charge on any atom is 0.394 e. The summed E-state index contributed by atoms with van der Waals surface area (Å²) >= 11 is 23.3. The molecule has 0 spiro atoms. The molecular weight excluding hydrogens is 1880 g/mol. The van der Waals surface area contributed by atoms with Gasteiger partial charge in [-0.2, -0.15) is 12.8 Å². The van der Waals surface area contributed by atoms with E-state index in [1.807, 2.05) is 91.2 Å². The highest BCUT2D eigenvalue weighted by Gasteiger charge is 2.27. The quantitative estimate of drug-likeness (QED) is 0.0234. The van der Waals surface area contributed by atoms with Gasteiger partial charge in [0.2, 0.25) is 17.6 Å². The van der Waals surface area contributed by atoms with Crippen molar-refractivity contribution in [3.05, 3.63) is 207 Å². The fourth-order valence-corrected chi connectivity index (χ4v) is 12.6. The Labute approximate surface area is 696 Å². The van der Waals surface area contributed by atoms with E-state index in [2.05, 4.69) is 184 Å². The summed E-state index contributed by atoms with van der Waals surface area (Å²) in [6.07, 6.45) is 6.64. The molecule has 7 aromatic rings. The first-order chi connectivity index (χ1) is 48.6. The first-order valence-electron chi connectivity index (χ1n) is 32.4. The fraction of sp³-hybridized carbons (Fsp3) is 0.413. The van der Waals surface area contributed by atoms with Crippen LogP contribution >= 0.6 is 112 Å². The highest BCUT2D eigenvalue weighted by molar-refractivity contribution is 9.11. The van der Waals surface area contributed by atoms with Gasteiger partial charge in [0.1, 0.15) is 5.69 Å². The van der Waals surface area contributed by atoms with Crippen molar-refractivity contribution in [1.82, 2.24) is 0 Å². The van der Waals surface area contributed by atoms with Crippen LogP contribution in [0, 0.1) is 33.0 Å². The second kappa shape index (κ2) is 54.0. The zero-order valence-electron chi connectivity index (χ0n) is 59.1. The number of amides is 2. The van der Waals surface area contributed by atoms with E-state index in [-0.39, 0.29) is 97.8 Å². The minimum Gasteiger partial charge on any atom is -0.397 e. The third kappa shape index (κ3) is 40.4. The Kier molecular flexibility index (Phi) is 53.2. The van der Waals surface area contributed by atoms with Gasteiger partial charge in [-0.25, -0.2) is 0 Å². The number of aliphatic hydroxyl groups excluding tert-OH is 4. The first kappa shape index (κ1) is 106. The van der Waals surface area contributed by atoms with Crippen LogP contribution in [0.2, 0.25) is 0 Å². The number of benzene rings is 7. The Hall–Kier alpha value is -5.76. The Bertz CT molecular complexity index is 3890. The molecule has 1 unspecified atom stereocenters. The summed E-state index contributed by atoms with van der Waals surface area (Å²) in [4.78, 5) is 46.6.